The van der Waals surface area contributed by atoms with Crippen LogP contribution in [0.5, 0.6) is 0 Å². The number of pyridine rings is 1. The van der Waals surface area contributed by atoms with Crippen LogP contribution in [-0.2, 0) is 6.54 Å². The first kappa shape index (κ1) is 15.2. The Kier molecular flexibility index (Phi) is 4.33. The van der Waals surface area contributed by atoms with E-state index in [0.29, 0.717) is 23.8 Å². The number of halogens is 1. The van der Waals surface area contributed by atoms with Crippen LogP contribution in [0.2, 0.25) is 0 Å². The van der Waals surface area contributed by atoms with Gasteiger partial charge in [-0.2, -0.15) is 0 Å². The second kappa shape index (κ2) is 5.68. The second-order valence-corrected chi connectivity index (χ2v) is 7.06. The van der Waals surface area contributed by atoms with Crippen molar-refractivity contribution in [1.29, 1.82) is 0 Å². The zero-order valence-electron chi connectivity index (χ0n) is 13.2. The molecule has 1 saturated carbocycles. The summed E-state index contributed by atoms with van der Waals surface area (Å²) >= 11 is 0. The van der Waals surface area contributed by atoms with Crippen LogP contribution in [0.3, 0.4) is 0 Å². The zero-order valence-corrected chi connectivity index (χ0v) is 13.2. The quantitative estimate of drug-likeness (QED) is 0.897. The van der Waals surface area contributed by atoms with Gasteiger partial charge >= 0.3 is 0 Å². The van der Waals surface area contributed by atoms with Crippen molar-refractivity contribution in [2.75, 3.05) is 18.5 Å². The van der Waals surface area contributed by atoms with Crippen molar-refractivity contribution >= 4 is 5.82 Å². The van der Waals surface area contributed by atoms with Gasteiger partial charge in [0.25, 0.3) is 0 Å². The van der Waals surface area contributed by atoms with Crippen LogP contribution in [0.4, 0.5) is 10.2 Å². The van der Waals surface area contributed by atoms with Crippen LogP contribution < -0.4 is 10.2 Å². The molecule has 1 aliphatic carbocycles. The fraction of sp³-hybridized carbons (Fsp3) is 0.688. The predicted molar refractivity (Wildman–Crippen MR) is 81.3 cm³/mol. The Bertz CT molecular complexity index is 467. The SMILES string of the molecule is CC1CC1CN(C)c1nccc(CNC(C)(C)C)c1F. The summed E-state index contributed by atoms with van der Waals surface area (Å²) < 4.78 is 14.5. The van der Waals surface area contributed by atoms with Gasteiger partial charge in [0.15, 0.2) is 11.6 Å². The van der Waals surface area contributed by atoms with E-state index in [2.05, 4.69) is 38.0 Å². The normalized spacial score (nSPS) is 21.9. The predicted octanol–water partition coefficient (Wildman–Crippen LogP) is 3.20. The summed E-state index contributed by atoms with van der Waals surface area (Å²) in [5.74, 6) is 1.74. The Hall–Kier alpha value is -1.16. The number of hydrogen-bond donors (Lipinski definition) is 1. The Balaban J connectivity index is 2.06. The summed E-state index contributed by atoms with van der Waals surface area (Å²) in [4.78, 5) is 6.16. The monoisotopic (exact) mass is 279 g/mol. The Morgan fingerprint density at radius 2 is 2.10 bits per heavy atom. The molecule has 1 fully saturated rings. The first-order chi connectivity index (χ1) is 9.28. The van der Waals surface area contributed by atoms with Gasteiger partial charge < -0.3 is 10.2 Å². The Morgan fingerprint density at radius 1 is 1.45 bits per heavy atom. The summed E-state index contributed by atoms with van der Waals surface area (Å²) in [6, 6.07) is 1.76. The molecular formula is C16H26FN3. The van der Waals surface area contributed by atoms with Crippen LogP contribution in [0, 0.1) is 17.7 Å². The highest BCUT2D eigenvalue weighted by Gasteiger charge is 2.34. The van der Waals surface area contributed by atoms with E-state index < -0.39 is 0 Å². The van der Waals surface area contributed by atoms with Crippen molar-refractivity contribution in [2.45, 2.75) is 46.2 Å². The van der Waals surface area contributed by atoms with Gasteiger partial charge in [0.1, 0.15) is 0 Å². The molecule has 0 amide bonds. The lowest BCUT2D eigenvalue weighted by Gasteiger charge is -2.23. The molecule has 3 nitrogen and oxygen atoms in total. The van der Waals surface area contributed by atoms with Crippen LogP contribution in [0.15, 0.2) is 12.3 Å². The molecule has 1 aromatic rings. The third-order valence-corrected chi connectivity index (χ3v) is 3.91. The van der Waals surface area contributed by atoms with Gasteiger partial charge in [-0.1, -0.05) is 6.92 Å². The molecule has 20 heavy (non-hydrogen) atoms. The third-order valence-electron chi connectivity index (χ3n) is 3.91. The van der Waals surface area contributed by atoms with Crippen molar-refractivity contribution in [3.63, 3.8) is 0 Å². The topological polar surface area (TPSA) is 28.2 Å². The molecule has 0 aromatic carbocycles. The maximum atomic E-state index is 14.5. The van der Waals surface area contributed by atoms with Crippen molar-refractivity contribution in [2.24, 2.45) is 11.8 Å². The van der Waals surface area contributed by atoms with Gasteiger partial charge in [0.05, 0.1) is 0 Å². The number of nitrogens with one attached hydrogen (secondary N) is 1. The molecule has 0 aliphatic heterocycles. The largest absolute Gasteiger partial charge is 0.357 e. The Labute approximate surface area is 121 Å². The molecule has 0 bridgehead atoms. The van der Waals surface area contributed by atoms with Gasteiger partial charge in [-0.15, -0.1) is 0 Å². The number of rotatable bonds is 5. The first-order valence-electron chi connectivity index (χ1n) is 7.37. The van der Waals surface area contributed by atoms with Gasteiger partial charge in [0, 0.05) is 37.4 Å². The molecule has 1 aromatic heterocycles. The minimum atomic E-state index is -0.194. The fourth-order valence-corrected chi connectivity index (χ4v) is 2.33. The Morgan fingerprint density at radius 3 is 2.65 bits per heavy atom. The van der Waals surface area contributed by atoms with E-state index in [1.807, 2.05) is 11.9 Å². The number of nitrogens with zero attached hydrogens (tertiary/aromatic N) is 2. The smallest absolute Gasteiger partial charge is 0.170 e. The molecule has 1 N–H and O–H groups in total. The van der Waals surface area contributed by atoms with Gasteiger partial charge in [-0.05, 0) is 45.1 Å². The highest BCUT2D eigenvalue weighted by atomic mass is 19.1. The van der Waals surface area contributed by atoms with Crippen molar-refractivity contribution in [1.82, 2.24) is 10.3 Å². The molecular weight excluding hydrogens is 253 g/mol. The van der Waals surface area contributed by atoms with E-state index in [-0.39, 0.29) is 11.4 Å². The molecule has 1 aliphatic rings. The molecule has 2 rings (SSSR count). The number of anilines is 1. The summed E-state index contributed by atoms with van der Waals surface area (Å²) in [6.45, 7) is 9.89. The molecule has 0 spiro atoms. The van der Waals surface area contributed by atoms with Gasteiger partial charge in [-0.25, -0.2) is 9.37 Å². The first-order valence-corrected chi connectivity index (χ1v) is 7.37. The lowest BCUT2D eigenvalue weighted by atomic mass is 10.1. The average molecular weight is 279 g/mol. The minimum absolute atomic E-state index is 0.0226. The molecule has 1 heterocycles. The molecule has 4 heteroatoms. The highest BCUT2D eigenvalue weighted by Crippen LogP contribution is 2.38. The summed E-state index contributed by atoms with van der Waals surface area (Å²) in [6.07, 6.45) is 2.95. The van der Waals surface area contributed by atoms with Crippen molar-refractivity contribution in [3.05, 3.63) is 23.6 Å². The minimum Gasteiger partial charge on any atom is -0.357 e. The number of aromatic nitrogens is 1. The van der Waals surface area contributed by atoms with E-state index >= 15 is 0 Å². The summed E-state index contributed by atoms with van der Waals surface area (Å²) in [7, 11) is 1.93. The molecule has 0 radical (unpaired) electrons. The summed E-state index contributed by atoms with van der Waals surface area (Å²) in [5.41, 5.74) is 0.659. The van der Waals surface area contributed by atoms with Crippen LogP contribution in [-0.4, -0.2) is 24.1 Å². The molecule has 112 valence electrons. The van der Waals surface area contributed by atoms with Gasteiger partial charge in [0.2, 0.25) is 0 Å². The lowest BCUT2D eigenvalue weighted by Crippen LogP contribution is -2.35. The van der Waals surface area contributed by atoms with E-state index in [9.17, 15) is 4.39 Å². The number of hydrogen-bond acceptors (Lipinski definition) is 3. The maximum Gasteiger partial charge on any atom is 0.170 e. The fourth-order valence-electron chi connectivity index (χ4n) is 2.33. The van der Waals surface area contributed by atoms with E-state index in [1.54, 1.807) is 12.3 Å². The second-order valence-electron chi connectivity index (χ2n) is 7.06. The standard InChI is InChI=1S/C16H26FN3/c1-11-8-13(11)10-20(5)15-14(17)12(6-7-18-15)9-19-16(2,3)4/h6-7,11,13,19H,8-10H2,1-5H3. The zero-order chi connectivity index (χ0) is 14.9. The molecule has 2 atom stereocenters. The molecule has 2 unspecified atom stereocenters. The van der Waals surface area contributed by atoms with Crippen molar-refractivity contribution in [3.8, 4) is 0 Å². The van der Waals surface area contributed by atoms with Crippen LogP contribution in [0.1, 0.15) is 39.7 Å². The van der Waals surface area contributed by atoms with Crippen LogP contribution in [0.25, 0.3) is 0 Å². The van der Waals surface area contributed by atoms with E-state index in [0.717, 1.165) is 12.5 Å². The summed E-state index contributed by atoms with van der Waals surface area (Å²) in [5, 5.41) is 3.32. The lowest BCUT2D eigenvalue weighted by molar-refractivity contribution is 0.418. The van der Waals surface area contributed by atoms with Crippen molar-refractivity contribution < 1.29 is 4.39 Å². The highest BCUT2D eigenvalue weighted by molar-refractivity contribution is 5.42. The van der Waals surface area contributed by atoms with Crippen LogP contribution >= 0.6 is 0 Å². The maximum absolute atomic E-state index is 14.5. The van der Waals surface area contributed by atoms with E-state index in [1.165, 1.54) is 6.42 Å². The third kappa shape index (κ3) is 3.92. The average Bonchev–Trinajstić information content (AvgIpc) is 3.02. The molecule has 0 saturated heterocycles. The van der Waals surface area contributed by atoms with Gasteiger partial charge in [-0.3, -0.25) is 0 Å². The van der Waals surface area contributed by atoms with E-state index in [4.69, 9.17) is 0 Å².